The van der Waals surface area contributed by atoms with Gasteiger partial charge < -0.3 is 9.84 Å². The Morgan fingerprint density at radius 2 is 1.74 bits per heavy atom. The maximum absolute atomic E-state index is 13.4. The second-order valence-corrected chi connectivity index (χ2v) is 9.18. The van der Waals surface area contributed by atoms with Gasteiger partial charge in [0.05, 0.1) is 28.7 Å². The number of nitrogens with zero attached hydrogens (tertiary/aromatic N) is 1. The number of thiophene rings is 1. The van der Waals surface area contributed by atoms with Gasteiger partial charge in [-0.25, -0.2) is 4.79 Å². The monoisotopic (exact) mass is 475 g/mol. The lowest BCUT2D eigenvalue weighted by Gasteiger charge is -2.27. The standard InChI is InChI=1S/C27H25NO5S/c1-4-33-27(32)19-11-13-20(14-12-19)28-23(18-9-7-17(8-10-18)16(2)3)22(25(30)26(28)31)24(29)21-6-5-15-34-21/h5-16,23,30H,4H2,1-3H3. The molecule has 2 aromatic carbocycles. The van der Waals surface area contributed by atoms with Crippen LogP contribution in [0.4, 0.5) is 5.69 Å². The number of ether oxygens (including phenoxy) is 1. The van der Waals surface area contributed by atoms with Crippen LogP contribution in [0.2, 0.25) is 0 Å². The first-order chi connectivity index (χ1) is 16.3. The SMILES string of the molecule is CCOC(=O)c1ccc(N2C(=O)C(O)=C(C(=O)c3cccs3)C2c2ccc(C(C)C)cc2)cc1. The third-order valence-electron chi connectivity index (χ3n) is 5.77. The topological polar surface area (TPSA) is 83.9 Å². The van der Waals surface area contributed by atoms with Crippen molar-refractivity contribution in [3.63, 3.8) is 0 Å². The smallest absolute Gasteiger partial charge is 0.338 e. The lowest BCUT2D eigenvalue weighted by atomic mass is 9.93. The average molecular weight is 476 g/mol. The van der Waals surface area contributed by atoms with Gasteiger partial charge in [0, 0.05) is 5.69 Å². The molecule has 1 aliphatic rings. The number of aliphatic hydroxyl groups excluding tert-OH is 1. The molecule has 1 atom stereocenters. The number of amides is 1. The van der Waals surface area contributed by atoms with Crippen molar-refractivity contribution in [2.75, 3.05) is 11.5 Å². The summed E-state index contributed by atoms with van der Waals surface area (Å²) in [6.07, 6.45) is 0. The summed E-state index contributed by atoms with van der Waals surface area (Å²) in [5, 5.41) is 12.6. The Morgan fingerprint density at radius 3 is 2.29 bits per heavy atom. The van der Waals surface area contributed by atoms with Crippen LogP contribution in [0.15, 0.2) is 77.4 Å². The van der Waals surface area contributed by atoms with Crippen molar-refractivity contribution in [1.82, 2.24) is 0 Å². The van der Waals surface area contributed by atoms with E-state index in [4.69, 9.17) is 4.74 Å². The number of carbonyl (C=O) groups excluding carboxylic acids is 3. The van der Waals surface area contributed by atoms with E-state index in [0.29, 0.717) is 27.6 Å². The van der Waals surface area contributed by atoms with Gasteiger partial charge in [-0.15, -0.1) is 11.3 Å². The van der Waals surface area contributed by atoms with Gasteiger partial charge in [-0.3, -0.25) is 14.5 Å². The summed E-state index contributed by atoms with van der Waals surface area (Å²) in [5.41, 5.74) is 2.67. The van der Waals surface area contributed by atoms with Gasteiger partial charge in [-0.05, 0) is 59.7 Å². The van der Waals surface area contributed by atoms with Crippen LogP contribution in [0.1, 0.15) is 63.9 Å². The lowest BCUT2D eigenvalue weighted by molar-refractivity contribution is -0.117. The number of Topliss-reactive ketones (excluding diaryl/α,β-unsaturated/α-hetero) is 1. The summed E-state index contributed by atoms with van der Waals surface area (Å²) in [6, 6.07) is 16.7. The zero-order chi connectivity index (χ0) is 24.4. The molecular formula is C27H25NO5S. The molecule has 1 aliphatic heterocycles. The zero-order valence-electron chi connectivity index (χ0n) is 19.1. The minimum Gasteiger partial charge on any atom is -0.503 e. The Labute approximate surface area is 202 Å². The Balaban J connectivity index is 1.79. The highest BCUT2D eigenvalue weighted by Crippen LogP contribution is 2.42. The normalized spacial score (nSPS) is 15.8. The van der Waals surface area contributed by atoms with Crippen LogP contribution in [0, 0.1) is 0 Å². The van der Waals surface area contributed by atoms with Crippen LogP contribution in [0.5, 0.6) is 0 Å². The molecule has 1 amide bonds. The molecule has 0 spiro atoms. The van der Waals surface area contributed by atoms with Gasteiger partial charge in [0.1, 0.15) is 0 Å². The molecule has 0 aliphatic carbocycles. The van der Waals surface area contributed by atoms with E-state index in [2.05, 4.69) is 13.8 Å². The highest BCUT2D eigenvalue weighted by atomic mass is 32.1. The largest absolute Gasteiger partial charge is 0.503 e. The first kappa shape index (κ1) is 23.4. The van der Waals surface area contributed by atoms with E-state index in [-0.39, 0.29) is 18.0 Å². The quantitative estimate of drug-likeness (QED) is 0.343. The number of esters is 1. The van der Waals surface area contributed by atoms with E-state index in [9.17, 15) is 19.5 Å². The molecule has 0 bridgehead atoms. The molecule has 6 nitrogen and oxygen atoms in total. The van der Waals surface area contributed by atoms with Crippen molar-refractivity contribution in [2.45, 2.75) is 32.7 Å². The maximum Gasteiger partial charge on any atom is 0.338 e. The fraction of sp³-hybridized carbons (Fsp3) is 0.222. The van der Waals surface area contributed by atoms with Crippen LogP contribution >= 0.6 is 11.3 Å². The van der Waals surface area contributed by atoms with Gasteiger partial charge in [0.25, 0.3) is 5.91 Å². The Hall–Kier alpha value is -3.71. The highest BCUT2D eigenvalue weighted by Gasteiger charge is 2.44. The summed E-state index contributed by atoms with van der Waals surface area (Å²) >= 11 is 1.26. The number of hydrogen-bond acceptors (Lipinski definition) is 6. The maximum atomic E-state index is 13.4. The predicted octanol–water partition coefficient (Wildman–Crippen LogP) is 5.83. The molecule has 3 aromatic rings. The fourth-order valence-corrected chi connectivity index (χ4v) is 4.67. The fourth-order valence-electron chi connectivity index (χ4n) is 4.00. The number of hydrogen-bond donors (Lipinski definition) is 1. The summed E-state index contributed by atoms with van der Waals surface area (Å²) in [4.78, 5) is 40.5. The van der Waals surface area contributed by atoms with Crippen LogP contribution in [0.25, 0.3) is 0 Å². The van der Waals surface area contributed by atoms with Gasteiger partial charge in [0.15, 0.2) is 5.76 Å². The molecule has 4 rings (SSSR count). The van der Waals surface area contributed by atoms with Crippen LogP contribution < -0.4 is 4.90 Å². The predicted molar refractivity (Wildman–Crippen MR) is 131 cm³/mol. The number of rotatable bonds is 7. The molecule has 34 heavy (non-hydrogen) atoms. The molecule has 0 saturated heterocycles. The summed E-state index contributed by atoms with van der Waals surface area (Å²) in [6.45, 7) is 6.16. The number of carbonyl (C=O) groups is 3. The van der Waals surface area contributed by atoms with Crippen LogP contribution in [-0.2, 0) is 9.53 Å². The van der Waals surface area contributed by atoms with Crippen molar-refractivity contribution in [3.8, 4) is 0 Å². The molecule has 1 N–H and O–H groups in total. The van der Waals surface area contributed by atoms with Crippen molar-refractivity contribution in [1.29, 1.82) is 0 Å². The molecule has 7 heteroatoms. The summed E-state index contributed by atoms with van der Waals surface area (Å²) in [5.74, 6) is -1.75. The van der Waals surface area contributed by atoms with E-state index < -0.39 is 23.7 Å². The van der Waals surface area contributed by atoms with Crippen molar-refractivity contribution < 1.29 is 24.2 Å². The molecule has 2 heterocycles. The minimum atomic E-state index is -0.809. The first-order valence-corrected chi connectivity index (χ1v) is 11.9. The second kappa shape index (κ2) is 9.65. The number of ketones is 1. The van der Waals surface area contributed by atoms with Crippen molar-refractivity contribution in [2.24, 2.45) is 0 Å². The van der Waals surface area contributed by atoms with E-state index in [1.807, 2.05) is 24.3 Å². The van der Waals surface area contributed by atoms with Gasteiger partial charge >= 0.3 is 5.97 Å². The van der Waals surface area contributed by atoms with Crippen LogP contribution in [0.3, 0.4) is 0 Å². The van der Waals surface area contributed by atoms with Crippen LogP contribution in [-0.4, -0.2) is 29.4 Å². The zero-order valence-corrected chi connectivity index (χ0v) is 20.0. The molecule has 0 saturated carbocycles. The number of anilines is 1. The number of benzene rings is 2. The molecule has 1 aromatic heterocycles. The van der Waals surface area contributed by atoms with E-state index in [1.54, 1.807) is 48.7 Å². The van der Waals surface area contributed by atoms with Gasteiger partial charge in [-0.2, -0.15) is 0 Å². The summed E-state index contributed by atoms with van der Waals surface area (Å²) < 4.78 is 5.03. The Bertz CT molecular complexity index is 1240. The van der Waals surface area contributed by atoms with E-state index in [1.165, 1.54) is 16.2 Å². The highest BCUT2D eigenvalue weighted by molar-refractivity contribution is 7.12. The molecular weight excluding hydrogens is 450 g/mol. The molecule has 0 radical (unpaired) electrons. The minimum absolute atomic E-state index is 0.0409. The van der Waals surface area contributed by atoms with Gasteiger partial charge in [-0.1, -0.05) is 44.2 Å². The first-order valence-electron chi connectivity index (χ1n) is 11.0. The lowest BCUT2D eigenvalue weighted by Crippen LogP contribution is -2.31. The average Bonchev–Trinajstić information content (AvgIpc) is 3.46. The van der Waals surface area contributed by atoms with E-state index >= 15 is 0 Å². The molecule has 174 valence electrons. The Morgan fingerprint density at radius 1 is 1.06 bits per heavy atom. The molecule has 1 unspecified atom stereocenters. The Kier molecular flexibility index (Phi) is 6.65. The third-order valence-corrected chi connectivity index (χ3v) is 6.64. The van der Waals surface area contributed by atoms with E-state index in [0.717, 1.165) is 5.56 Å². The van der Waals surface area contributed by atoms with Crippen molar-refractivity contribution in [3.05, 3.63) is 98.9 Å². The summed E-state index contributed by atoms with van der Waals surface area (Å²) in [7, 11) is 0. The second-order valence-electron chi connectivity index (χ2n) is 8.24. The third kappa shape index (κ3) is 4.26. The van der Waals surface area contributed by atoms with Crippen molar-refractivity contribution >= 4 is 34.7 Å². The number of aliphatic hydroxyl groups is 1. The van der Waals surface area contributed by atoms with Gasteiger partial charge in [0.2, 0.25) is 5.78 Å². The molecule has 0 fully saturated rings.